The summed E-state index contributed by atoms with van der Waals surface area (Å²) in [6.45, 7) is 5.95. The van der Waals surface area contributed by atoms with Crippen LogP contribution in [-0.2, 0) is 0 Å². The van der Waals surface area contributed by atoms with Gasteiger partial charge in [-0.2, -0.15) is 0 Å². The number of hydrogen-bond donors (Lipinski definition) is 0. The van der Waals surface area contributed by atoms with Gasteiger partial charge >= 0.3 is 0 Å². The summed E-state index contributed by atoms with van der Waals surface area (Å²) >= 11 is 0. The van der Waals surface area contributed by atoms with Gasteiger partial charge in [-0.3, -0.25) is 0 Å². The minimum absolute atomic E-state index is 0.00462. The van der Waals surface area contributed by atoms with Crippen LogP contribution in [0.1, 0.15) is 6.92 Å². The van der Waals surface area contributed by atoms with E-state index in [-0.39, 0.29) is 15.1 Å². The molecule has 0 aromatic heterocycles. The van der Waals surface area contributed by atoms with Crippen molar-refractivity contribution < 1.29 is 0 Å². The molecule has 3 heteroatoms. The van der Waals surface area contributed by atoms with Crippen molar-refractivity contribution in [2.75, 3.05) is 31.3 Å². The molecule has 0 saturated carbocycles. The van der Waals surface area contributed by atoms with Gasteiger partial charge in [0.1, 0.15) is 18.0 Å². The molecule has 0 radical (unpaired) electrons. The molecule has 70 valence electrons. The van der Waals surface area contributed by atoms with E-state index in [1.807, 2.05) is 0 Å². The van der Waals surface area contributed by atoms with Gasteiger partial charge in [0.15, 0.2) is 0 Å². The predicted octanol–water partition coefficient (Wildman–Crippen LogP) is 3.46. The maximum absolute atomic E-state index is 4.36. The van der Waals surface area contributed by atoms with Gasteiger partial charge in [-0.15, -0.1) is 0 Å². The second-order valence-corrected chi connectivity index (χ2v) is 12.9. The Balaban J connectivity index is 4.13. The van der Waals surface area contributed by atoms with Crippen LogP contribution >= 0.6 is 22.0 Å². The Hall–Kier alpha value is 0.640. The summed E-state index contributed by atoms with van der Waals surface area (Å²) in [5.74, 6) is 2.59. The second kappa shape index (κ2) is 5.39. The molecule has 0 aromatic rings. The Morgan fingerprint density at radius 1 is 1.25 bits per heavy atom. The van der Waals surface area contributed by atoms with Gasteiger partial charge in [0.25, 0.3) is 0 Å². The van der Waals surface area contributed by atoms with Gasteiger partial charge in [-0.25, -0.2) is 0 Å². The summed E-state index contributed by atoms with van der Waals surface area (Å²) in [6, 6.07) is 0. The van der Waals surface area contributed by atoms with Crippen LogP contribution in [0.4, 0.5) is 0 Å². The summed E-state index contributed by atoms with van der Waals surface area (Å²) in [5, 5.41) is 0. The van der Waals surface area contributed by atoms with Crippen molar-refractivity contribution in [3.8, 4) is 0 Å². The van der Waals surface area contributed by atoms with E-state index < -0.39 is 6.89 Å². The maximum atomic E-state index is 4.36. The Morgan fingerprint density at radius 3 is 2.08 bits per heavy atom. The van der Waals surface area contributed by atoms with E-state index in [2.05, 4.69) is 39.2 Å². The average molecular weight is 222 g/mol. The third-order valence-corrected chi connectivity index (χ3v) is 11.5. The van der Waals surface area contributed by atoms with Crippen LogP contribution in [0.3, 0.4) is 0 Å². The Morgan fingerprint density at radius 2 is 1.75 bits per heavy atom. The Kier molecular flexibility index (Phi) is 5.67. The largest absolute Gasteiger partial charge is 0.126 e. The van der Waals surface area contributed by atoms with Crippen molar-refractivity contribution in [3.05, 3.63) is 0 Å². The molecule has 0 nitrogen and oxygen atoms in total. The van der Waals surface area contributed by atoms with Crippen molar-refractivity contribution in [2.45, 2.75) is 6.92 Å². The number of hydrogen-bond acceptors (Lipinski definition) is 0. The van der Waals surface area contributed by atoms with Crippen LogP contribution in [0.2, 0.25) is 0 Å². The van der Waals surface area contributed by atoms with Gasteiger partial charge < -0.3 is 0 Å². The lowest BCUT2D eigenvalue weighted by molar-refractivity contribution is 1.51. The molecular weight excluding hydrogens is 201 g/mol. The van der Waals surface area contributed by atoms with Crippen molar-refractivity contribution >= 4 is 40.9 Å². The molecule has 0 bridgehead atoms. The molecule has 12 heavy (non-hydrogen) atoms. The standard InChI is InChI=1S/C9H21P3/c1-7-11(4)9-12(5,6)8-10(2)3/h2,4-5,7-9H2,1,3,6H3/q+2. The molecule has 0 saturated heterocycles. The van der Waals surface area contributed by atoms with Crippen LogP contribution in [0.5, 0.6) is 0 Å². The molecule has 0 aromatic carbocycles. The van der Waals surface area contributed by atoms with E-state index in [9.17, 15) is 0 Å². The van der Waals surface area contributed by atoms with Gasteiger partial charge in [-0.05, 0) is 20.5 Å². The first-order chi connectivity index (χ1) is 5.37. The molecular formula is C9H21P3+2. The van der Waals surface area contributed by atoms with Gasteiger partial charge in [0, 0.05) is 0 Å². The fourth-order valence-electron chi connectivity index (χ4n) is 1.21. The molecule has 3 unspecified atom stereocenters. The minimum Gasteiger partial charge on any atom is -0.0933 e. The summed E-state index contributed by atoms with van der Waals surface area (Å²) in [4.78, 5) is 0. The van der Waals surface area contributed by atoms with Gasteiger partial charge in [0.2, 0.25) is 0 Å². The average Bonchev–Trinajstić information content (AvgIpc) is 1.83. The summed E-state index contributed by atoms with van der Waals surface area (Å²) in [6.07, 6.45) is 13.9. The monoisotopic (exact) mass is 222 g/mol. The van der Waals surface area contributed by atoms with Crippen LogP contribution < -0.4 is 0 Å². The zero-order valence-electron chi connectivity index (χ0n) is 8.58. The third-order valence-electron chi connectivity index (χ3n) is 1.57. The predicted molar refractivity (Wildman–Crippen MR) is 74.2 cm³/mol. The lowest BCUT2D eigenvalue weighted by Gasteiger charge is -2.09. The lowest BCUT2D eigenvalue weighted by Crippen LogP contribution is -1.88. The molecule has 0 aliphatic rings. The van der Waals surface area contributed by atoms with E-state index in [0.717, 1.165) is 0 Å². The van der Waals surface area contributed by atoms with Crippen molar-refractivity contribution in [2.24, 2.45) is 0 Å². The first-order valence-electron chi connectivity index (χ1n) is 4.13. The van der Waals surface area contributed by atoms with Gasteiger partial charge in [-0.1, -0.05) is 6.30 Å². The zero-order chi connectivity index (χ0) is 9.78. The molecule has 0 aliphatic carbocycles. The Bertz CT molecular complexity index is 228. The van der Waals surface area contributed by atoms with E-state index >= 15 is 0 Å². The lowest BCUT2D eigenvalue weighted by atomic mass is 11.0. The highest BCUT2D eigenvalue weighted by Crippen LogP contribution is 2.53. The number of rotatable bonds is 5. The first-order valence-corrected chi connectivity index (χ1v) is 11.0. The quantitative estimate of drug-likeness (QED) is 0.625. The fraction of sp³-hybridized carbons (Fsp3) is 0.667. The second-order valence-electron chi connectivity index (χ2n) is 3.75. The highest BCUT2D eigenvalue weighted by atomic mass is 31.2. The van der Waals surface area contributed by atoms with E-state index in [4.69, 9.17) is 0 Å². The van der Waals surface area contributed by atoms with Gasteiger partial charge in [0.05, 0.1) is 34.4 Å². The molecule has 0 fully saturated rings. The van der Waals surface area contributed by atoms with Crippen LogP contribution in [0, 0.1) is 0 Å². The SMILES string of the molecule is C=[P+](C)CP(=C)(C)C[P+](=C)CC. The van der Waals surface area contributed by atoms with E-state index in [0.29, 0.717) is 0 Å². The molecule has 0 amide bonds. The van der Waals surface area contributed by atoms with Crippen molar-refractivity contribution in [1.82, 2.24) is 0 Å². The maximum Gasteiger partial charge on any atom is 0.126 e. The molecule has 0 aliphatic heterocycles. The fourth-order valence-corrected chi connectivity index (χ4v) is 11.7. The highest BCUT2D eigenvalue weighted by molar-refractivity contribution is 7.88. The smallest absolute Gasteiger partial charge is 0.0933 e. The topological polar surface area (TPSA) is 0 Å². The third kappa shape index (κ3) is 6.19. The van der Waals surface area contributed by atoms with Crippen molar-refractivity contribution in [3.63, 3.8) is 0 Å². The molecule has 3 atom stereocenters. The van der Waals surface area contributed by atoms with Crippen LogP contribution in [0.25, 0.3) is 0 Å². The summed E-state index contributed by atoms with van der Waals surface area (Å²) in [5.41, 5.74) is 0. The first kappa shape index (κ1) is 12.6. The van der Waals surface area contributed by atoms with Crippen LogP contribution in [0.15, 0.2) is 0 Å². The molecule has 0 N–H and O–H groups in total. The zero-order valence-corrected chi connectivity index (χ0v) is 11.3. The molecule has 0 rings (SSSR count). The van der Waals surface area contributed by atoms with E-state index in [1.54, 1.807) is 0 Å². The Labute approximate surface area is 79.5 Å². The van der Waals surface area contributed by atoms with Crippen LogP contribution in [-0.4, -0.2) is 50.2 Å². The summed E-state index contributed by atoms with van der Waals surface area (Å²) < 4.78 is 0. The normalized spacial score (nSPS) is 18.2. The minimum atomic E-state index is -0.889. The molecule has 0 spiro atoms. The highest BCUT2D eigenvalue weighted by Gasteiger charge is 2.19. The van der Waals surface area contributed by atoms with Crippen molar-refractivity contribution in [1.29, 1.82) is 0 Å². The summed E-state index contributed by atoms with van der Waals surface area (Å²) in [7, 11) is 0.0179. The van der Waals surface area contributed by atoms with E-state index in [1.165, 1.54) is 18.0 Å². The molecule has 0 heterocycles.